The fourth-order valence-corrected chi connectivity index (χ4v) is 1.85. The van der Waals surface area contributed by atoms with Gasteiger partial charge in [-0.25, -0.2) is 9.37 Å². The van der Waals surface area contributed by atoms with E-state index in [9.17, 15) is 4.39 Å². The Kier molecular flexibility index (Phi) is 3.46. The van der Waals surface area contributed by atoms with Crippen LogP contribution in [0.1, 0.15) is 5.82 Å². The molecule has 0 aliphatic carbocycles. The first kappa shape index (κ1) is 12.1. The lowest BCUT2D eigenvalue weighted by atomic mass is 10.2. The molecule has 0 aliphatic rings. The summed E-state index contributed by atoms with van der Waals surface area (Å²) in [5.74, 6) is 0.335. The minimum atomic E-state index is -0.295. The van der Waals surface area contributed by atoms with Gasteiger partial charge in [0.25, 0.3) is 0 Å². The van der Waals surface area contributed by atoms with Crippen LogP contribution in [0, 0.1) is 9.39 Å². The molecule has 3 N–H and O–H groups in total. The van der Waals surface area contributed by atoms with Gasteiger partial charge in [0.05, 0.1) is 21.5 Å². The number of hydrogen-bond donors (Lipinski definition) is 2. The summed E-state index contributed by atoms with van der Waals surface area (Å²) in [6.07, 6.45) is 1.61. The second-order valence-corrected chi connectivity index (χ2v) is 4.70. The largest absolute Gasteiger partial charge is 0.397 e. The minimum absolute atomic E-state index is 0.295. The first-order valence-electron chi connectivity index (χ1n) is 4.89. The number of rotatable bonds is 3. The molecule has 1 heterocycles. The van der Waals surface area contributed by atoms with Gasteiger partial charge in [-0.05, 0) is 28.7 Å². The molecule has 0 radical (unpaired) electrons. The van der Waals surface area contributed by atoms with Crippen molar-refractivity contribution in [3.63, 3.8) is 0 Å². The van der Waals surface area contributed by atoms with Crippen molar-refractivity contribution in [3.05, 3.63) is 33.7 Å². The molecule has 7 heteroatoms. The molecule has 0 aliphatic heterocycles. The molecular formula is C10H11FIN5. The Balaban J connectivity index is 2.11. The Morgan fingerprint density at radius 2 is 2.29 bits per heavy atom. The highest BCUT2D eigenvalue weighted by Crippen LogP contribution is 2.24. The summed E-state index contributed by atoms with van der Waals surface area (Å²) in [6.45, 7) is 0.408. The maximum absolute atomic E-state index is 13.4. The van der Waals surface area contributed by atoms with Gasteiger partial charge in [0.2, 0.25) is 0 Å². The maximum atomic E-state index is 13.4. The van der Waals surface area contributed by atoms with E-state index < -0.39 is 0 Å². The molecule has 2 aromatic rings. The van der Waals surface area contributed by atoms with E-state index >= 15 is 0 Å². The normalized spacial score (nSPS) is 10.5. The fourth-order valence-electron chi connectivity index (χ4n) is 1.35. The third-order valence-corrected chi connectivity index (χ3v) is 3.00. The van der Waals surface area contributed by atoms with E-state index in [0.29, 0.717) is 27.3 Å². The summed E-state index contributed by atoms with van der Waals surface area (Å²) < 4.78 is 15.5. The van der Waals surface area contributed by atoms with Crippen LogP contribution in [0.2, 0.25) is 0 Å². The predicted octanol–water partition coefficient (Wildman–Crippen LogP) is 1.75. The van der Waals surface area contributed by atoms with Crippen LogP contribution in [-0.4, -0.2) is 14.8 Å². The molecule has 0 fully saturated rings. The van der Waals surface area contributed by atoms with Crippen molar-refractivity contribution in [1.29, 1.82) is 0 Å². The standard InChI is InChI=1S/C10H11FIN5/c1-17-5-15-10(16-17)4-14-9-2-6(11)7(12)3-8(9)13/h2-3,5,14H,4,13H2,1H3. The Labute approximate surface area is 111 Å². The van der Waals surface area contributed by atoms with Gasteiger partial charge in [-0.2, -0.15) is 5.10 Å². The van der Waals surface area contributed by atoms with E-state index in [-0.39, 0.29) is 5.82 Å². The van der Waals surface area contributed by atoms with E-state index in [1.54, 1.807) is 24.1 Å². The van der Waals surface area contributed by atoms with Gasteiger partial charge in [-0.3, -0.25) is 4.68 Å². The molecule has 0 saturated carbocycles. The number of anilines is 2. The summed E-state index contributed by atoms with van der Waals surface area (Å²) in [5.41, 5.74) is 6.84. The van der Waals surface area contributed by atoms with E-state index in [4.69, 9.17) is 5.73 Å². The van der Waals surface area contributed by atoms with E-state index in [1.165, 1.54) is 6.07 Å². The Morgan fingerprint density at radius 3 is 2.94 bits per heavy atom. The molecule has 0 bridgehead atoms. The number of nitrogens with one attached hydrogen (secondary N) is 1. The Bertz CT molecular complexity index is 539. The van der Waals surface area contributed by atoms with Crippen LogP contribution in [0.25, 0.3) is 0 Å². The van der Waals surface area contributed by atoms with Crippen LogP contribution in [-0.2, 0) is 13.6 Å². The van der Waals surface area contributed by atoms with Crippen molar-refractivity contribution in [3.8, 4) is 0 Å². The van der Waals surface area contributed by atoms with Crippen molar-refractivity contribution in [2.75, 3.05) is 11.1 Å². The average Bonchev–Trinajstić information content (AvgIpc) is 2.68. The lowest BCUT2D eigenvalue weighted by Crippen LogP contribution is -2.05. The topological polar surface area (TPSA) is 68.8 Å². The monoisotopic (exact) mass is 347 g/mol. The molecule has 0 amide bonds. The van der Waals surface area contributed by atoms with Crippen molar-refractivity contribution >= 4 is 34.0 Å². The number of halogens is 2. The number of benzene rings is 1. The highest BCUT2D eigenvalue weighted by atomic mass is 127. The average molecular weight is 347 g/mol. The zero-order chi connectivity index (χ0) is 12.4. The molecular weight excluding hydrogens is 336 g/mol. The molecule has 90 valence electrons. The summed E-state index contributed by atoms with van der Waals surface area (Å²) in [5, 5.41) is 7.11. The first-order chi connectivity index (χ1) is 8.06. The van der Waals surface area contributed by atoms with Crippen LogP contribution in [0.15, 0.2) is 18.5 Å². The van der Waals surface area contributed by atoms with Gasteiger partial charge in [-0.1, -0.05) is 0 Å². The molecule has 1 aromatic carbocycles. The van der Waals surface area contributed by atoms with Crippen LogP contribution < -0.4 is 11.1 Å². The van der Waals surface area contributed by atoms with E-state index in [2.05, 4.69) is 15.4 Å². The van der Waals surface area contributed by atoms with Crippen LogP contribution >= 0.6 is 22.6 Å². The Hall–Kier alpha value is -1.38. The summed E-state index contributed by atoms with van der Waals surface area (Å²) in [6, 6.07) is 2.96. The van der Waals surface area contributed by atoms with Gasteiger partial charge in [-0.15, -0.1) is 0 Å². The maximum Gasteiger partial charge on any atom is 0.169 e. The number of nitrogen functional groups attached to an aromatic ring is 1. The Morgan fingerprint density at radius 1 is 1.53 bits per heavy atom. The quantitative estimate of drug-likeness (QED) is 0.656. The molecule has 0 unspecified atom stereocenters. The highest BCUT2D eigenvalue weighted by molar-refractivity contribution is 14.1. The van der Waals surface area contributed by atoms with Crippen LogP contribution in [0.5, 0.6) is 0 Å². The summed E-state index contributed by atoms with van der Waals surface area (Å²) in [7, 11) is 1.79. The second-order valence-electron chi connectivity index (χ2n) is 3.54. The van der Waals surface area contributed by atoms with Crippen molar-refractivity contribution in [2.24, 2.45) is 7.05 Å². The van der Waals surface area contributed by atoms with Gasteiger partial charge in [0, 0.05) is 13.1 Å². The number of aryl methyl sites for hydroxylation is 1. The van der Waals surface area contributed by atoms with Gasteiger partial charge < -0.3 is 11.1 Å². The number of aromatic nitrogens is 3. The molecule has 17 heavy (non-hydrogen) atoms. The molecule has 2 rings (SSSR count). The first-order valence-corrected chi connectivity index (χ1v) is 5.97. The van der Waals surface area contributed by atoms with Gasteiger partial charge in [0.15, 0.2) is 5.82 Å². The zero-order valence-electron chi connectivity index (χ0n) is 9.11. The fraction of sp³-hybridized carbons (Fsp3) is 0.200. The predicted molar refractivity (Wildman–Crippen MR) is 71.9 cm³/mol. The van der Waals surface area contributed by atoms with Gasteiger partial charge in [0.1, 0.15) is 12.1 Å². The number of hydrogen-bond acceptors (Lipinski definition) is 4. The number of nitrogens with zero attached hydrogens (tertiary/aromatic N) is 3. The molecule has 0 saturated heterocycles. The third kappa shape index (κ3) is 2.84. The molecule has 0 spiro atoms. The third-order valence-electron chi connectivity index (χ3n) is 2.18. The SMILES string of the molecule is Cn1cnc(CNc2cc(F)c(I)cc2N)n1. The van der Waals surface area contributed by atoms with Crippen molar-refractivity contribution < 1.29 is 4.39 Å². The molecule has 0 atom stereocenters. The van der Waals surface area contributed by atoms with Crippen LogP contribution in [0.4, 0.5) is 15.8 Å². The lowest BCUT2D eigenvalue weighted by Gasteiger charge is -2.08. The second kappa shape index (κ2) is 4.86. The van der Waals surface area contributed by atoms with E-state index in [0.717, 1.165) is 0 Å². The zero-order valence-corrected chi connectivity index (χ0v) is 11.3. The summed E-state index contributed by atoms with van der Waals surface area (Å²) in [4.78, 5) is 4.05. The smallest absolute Gasteiger partial charge is 0.169 e. The minimum Gasteiger partial charge on any atom is -0.397 e. The van der Waals surface area contributed by atoms with Crippen LogP contribution in [0.3, 0.4) is 0 Å². The lowest BCUT2D eigenvalue weighted by molar-refractivity contribution is 0.621. The molecule has 5 nitrogen and oxygen atoms in total. The number of nitrogens with two attached hydrogens (primary N) is 1. The summed E-state index contributed by atoms with van der Waals surface area (Å²) >= 11 is 1.90. The molecule has 1 aromatic heterocycles. The van der Waals surface area contributed by atoms with Crippen molar-refractivity contribution in [1.82, 2.24) is 14.8 Å². The van der Waals surface area contributed by atoms with E-state index in [1.807, 2.05) is 22.6 Å². The highest BCUT2D eigenvalue weighted by Gasteiger charge is 2.06. The van der Waals surface area contributed by atoms with Crippen molar-refractivity contribution in [2.45, 2.75) is 6.54 Å². The van der Waals surface area contributed by atoms with Gasteiger partial charge >= 0.3 is 0 Å².